The molecule has 2 aromatic rings. The normalized spacial score (nSPS) is 16.9. The number of hydrazine groups is 1. The molecule has 0 aromatic heterocycles. The smallest absolute Gasteiger partial charge is 0.266 e. The third-order valence-corrected chi connectivity index (χ3v) is 4.91. The molecular formula is C19H18BrN3O3. The van der Waals surface area contributed by atoms with Crippen LogP contribution in [-0.4, -0.2) is 23.8 Å². The van der Waals surface area contributed by atoms with Crippen molar-refractivity contribution in [1.29, 1.82) is 0 Å². The fourth-order valence-corrected chi connectivity index (χ4v) is 3.38. The van der Waals surface area contributed by atoms with Gasteiger partial charge in [0.25, 0.3) is 11.8 Å². The summed E-state index contributed by atoms with van der Waals surface area (Å²) in [6.45, 7) is 3.81. The lowest BCUT2D eigenvalue weighted by atomic mass is 10.1. The van der Waals surface area contributed by atoms with Crippen molar-refractivity contribution in [2.45, 2.75) is 26.3 Å². The number of carbonyl (C=O) groups is 3. The molecule has 1 atom stereocenters. The van der Waals surface area contributed by atoms with Crippen LogP contribution in [0.2, 0.25) is 0 Å². The summed E-state index contributed by atoms with van der Waals surface area (Å²) in [6.07, 6.45) is -0.0115. The summed E-state index contributed by atoms with van der Waals surface area (Å²) in [5, 5.41) is 0. The van der Waals surface area contributed by atoms with E-state index >= 15 is 0 Å². The van der Waals surface area contributed by atoms with E-state index in [-0.39, 0.29) is 24.1 Å². The number of aryl methyl sites for hydroxylation is 2. The predicted octanol–water partition coefficient (Wildman–Crippen LogP) is 2.63. The quantitative estimate of drug-likeness (QED) is 0.594. The fourth-order valence-electron chi connectivity index (χ4n) is 2.92. The number of benzene rings is 2. The van der Waals surface area contributed by atoms with Gasteiger partial charge in [-0.3, -0.25) is 19.8 Å². The molecule has 0 bridgehead atoms. The zero-order valence-corrected chi connectivity index (χ0v) is 16.0. The third kappa shape index (κ3) is 3.54. The van der Waals surface area contributed by atoms with Crippen LogP contribution in [0.25, 0.3) is 0 Å². The lowest BCUT2D eigenvalue weighted by Crippen LogP contribution is -2.48. The zero-order valence-electron chi connectivity index (χ0n) is 14.4. The molecule has 1 saturated heterocycles. The molecule has 2 N–H and O–H groups in total. The summed E-state index contributed by atoms with van der Waals surface area (Å²) in [4.78, 5) is 38.4. The van der Waals surface area contributed by atoms with Crippen molar-refractivity contribution in [3.8, 4) is 0 Å². The molecule has 6 nitrogen and oxygen atoms in total. The Morgan fingerprint density at radius 3 is 2.58 bits per heavy atom. The molecule has 0 aliphatic carbocycles. The summed E-state index contributed by atoms with van der Waals surface area (Å²) in [7, 11) is 0. The largest absolute Gasteiger partial charge is 0.287 e. The van der Waals surface area contributed by atoms with Gasteiger partial charge >= 0.3 is 0 Å². The molecule has 134 valence electrons. The molecule has 3 amide bonds. The van der Waals surface area contributed by atoms with E-state index < -0.39 is 6.04 Å². The number of hydrogen-bond donors (Lipinski definition) is 2. The van der Waals surface area contributed by atoms with Crippen LogP contribution in [0, 0.1) is 13.8 Å². The molecule has 0 spiro atoms. The first-order valence-electron chi connectivity index (χ1n) is 8.13. The van der Waals surface area contributed by atoms with Crippen LogP contribution in [0.4, 0.5) is 5.69 Å². The number of amides is 3. The summed E-state index contributed by atoms with van der Waals surface area (Å²) < 4.78 is 0.644. The summed E-state index contributed by atoms with van der Waals surface area (Å²) in [5.74, 6) is -1.06. The van der Waals surface area contributed by atoms with E-state index in [4.69, 9.17) is 0 Å². The Labute approximate surface area is 159 Å². The van der Waals surface area contributed by atoms with Gasteiger partial charge in [-0.2, -0.15) is 0 Å². The Morgan fingerprint density at radius 1 is 1.15 bits per heavy atom. The van der Waals surface area contributed by atoms with E-state index in [2.05, 4.69) is 26.8 Å². The Kier molecular flexibility index (Phi) is 5.20. The van der Waals surface area contributed by atoms with Crippen molar-refractivity contribution in [3.05, 3.63) is 63.6 Å². The monoisotopic (exact) mass is 415 g/mol. The maximum atomic E-state index is 12.7. The second-order valence-corrected chi connectivity index (χ2v) is 7.05. The summed E-state index contributed by atoms with van der Waals surface area (Å²) in [5.41, 5.74) is 8.11. The van der Waals surface area contributed by atoms with E-state index in [1.165, 1.54) is 4.90 Å². The minimum atomic E-state index is -0.797. The molecule has 2 aromatic carbocycles. The maximum Gasteiger partial charge on any atom is 0.266 e. The van der Waals surface area contributed by atoms with Crippen molar-refractivity contribution >= 4 is 39.3 Å². The lowest BCUT2D eigenvalue weighted by Gasteiger charge is -2.18. The minimum Gasteiger partial charge on any atom is -0.287 e. The molecule has 1 unspecified atom stereocenters. The highest BCUT2D eigenvalue weighted by molar-refractivity contribution is 9.10. The number of halogens is 1. The highest BCUT2D eigenvalue weighted by Gasteiger charge is 2.40. The van der Waals surface area contributed by atoms with Gasteiger partial charge in [0.05, 0.1) is 17.7 Å². The van der Waals surface area contributed by atoms with Crippen LogP contribution in [0.3, 0.4) is 0 Å². The fraction of sp³-hybridized carbons (Fsp3) is 0.211. The van der Waals surface area contributed by atoms with E-state index in [0.717, 1.165) is 11.1 Å². The number of nitrogens with one attached hydrogen (secondary N) is 2. The Balaban J connectivity index is 1.71. The van der Waals surface area contributed by atoms with Gasteiger partial charge in [0.15, 0.2) is 0 Å². The van der Waals surface area contributed by atoms with Crippen molar-refractivity contribution in [3.63, 3.8) is 0 Å². The van der Waals surface area contributed by atoms with Crippen LogP contribution < -0.4 is 15.8 Å². The van der Waals surface area contributed by atoms with Gasteiger partial charge in [-0.05, 0) is 53.5 Å². The number of imide groups is 1. The Bertz CT molecular complexity index is 897. The molecular weight excluding hydrogens is 398 g/mol. The van der Waals surface area contributed by atoms with Crippen LogP contribution >= 0.6 is 15.9 Å². The lowest BCUT2D eigenvalue weighted by molar-refractivity contribution is -0.121. The topological polar surface area (TPSA) is 78.5 Å². The van der Waals surface area contributed by atoms with Crippen molar-refractivity contribution in [1.82, 2.24) is 10.9 Å². The van der Waals surface area contributed by atoms with Gasteiger partial charge in [0.2, 0.25) is 5.91 Å². The minimum absolute atomic E-state index is 0.0115. The molecule has 7 heteroatoms. The Hall–Kier alpha value is -2.51. The van der Waals surface area contributed by atoms with Crippen LogP contribution in [0.15, 0.2) is 46.9 Å². The third-order valence-electron chi connectivity index (χ3n) is 4.22. The average Bonchev–Trinajstić information content (AvgIpc) is 2.87. The molecule has 1 fully saturated rings. The molecule has 3 rings (SSSR count). The van der Waals surface area contributed by atoms with Crippen molar-refractivity contribution < 1.29 is 14.4 Å². The highest BCUT2D eigenvalue weighted by Crippen LogP contribution is 2.27. The maximum absolute atomic E-state index is 12.7. The van der Waals surface area contributed by atoms with Gasteiger partial charge in [0.1, 0.15) is 6.04 Å². The molecule has 1 aliphatic rings. The SMILES string of the molecule is Cc1ccc(N2C(=O)CC(NNC(=O)c3ccccc3Br)C2=O)c(C)c1. The molecule has 0 radical (unpaired) electrons. The van der Waals surface area contributed by atoms with Gasteiger partial charge < -0.3 is 0 Å². The van der Waals surface area contributed by atoms with E-state index in [9.17, 15) is 14.4 Å². The van der Waals surface area contributed by atoms with Gasteiger partial charge in [-0.15, -0.1) is 0 Å². The number of hydrogen-bond acceptors (Lipinski definition) is 4. The van der Waals surface area contributed by atoms with Gasteiger partial charge in [-0.25, -0.2) is 10.3 Å². The van der Waals surface area contributed by atoms with Gasteiger partial charge in [0, 0.05) is 4.47 Å². The van der Waals surface area contributed by atoms with Crippen molar-refractivity contribution in [2.24, 2.45) is 0 Å². The number of nitrogens with zero attached hydrogens (tertiary/aromatic N) is 1. The van der Waals surface area contributed by atoms with Crippen LogP contribution in [-0.2, 0) is 9.59 Å². The first-order chi connectivity index (χ1) is 12.4. The first-order valence-corrected chi connectivity index (χ1v) is 8.92. The number of carbonyl (C=O) groups excluding carboxylic acids is 3. The van der Waals surface area contributed by atoms with Crippen LogP contribution in [0.1, 0.15) is 27.9 Å². The molecule has 1 aliphatic heterocycles. The molecule has 0 saturated carbocycles. The predicted molar refractivity (Wildman–Crippen MR) is 102 cm³/mol. The Morgan fingerprint density at radius 2 is 1.88 bits per heavy atom. The standard InChI is InChI=1S/C19H18BrN3O3/c1-11-7-8-16(12(2)9-11)23-17(24)10-15(19(23)26)21-22-18(25)13-5-3-4-6-14(13)20/h3-9,15,21H,10H2,1-2H3,(H,22,25). The number of anilines is 1. The van der Waals surface area contributed by atoms with Gasteiger partial charge in [-0.1, -0.05) is 29.8 Å². The average molecular weight is 416 g/mol. The first kappa shape index (κ1) is 18.3. The van der Waals surface area contributed by atoms with E-state index in [1.54, 1.807) is 30.3 Å². The van der Waals surface area contributed by atoms with E-state index in [1.807, 2.05) is 26.0 Å². The summed E-state index contributed by atoms with van der Waals surface area (Å²) in [6, 6.07) is 11.7. The molecule has 1 heterocycles. The van der Waals surface area contributed by atoms with Crippen LogP contribution in [0.5, 0.6) is 0 Å². The number of rotatable bonds is 4. The second-order valence-electron chi connectivity index (χ2n) is 6.19. The second kappa shape index (κ2) is 7.39. The summed E-state index contributed by atoms with van der Waals surface area (Å²) >= 11 is 3.31. The van der Waals surface area contributed by atoms with E-state index in [0.29, 0.717) is 15.7 Å². The molecule has 26 heavy (non-hydrogen) atoms. The van der Waals surface area contributed by atoms with Crippen molar-refractivity contribution in [2.75, 3.05) is 4.90 Å². The highest BCUT2D eigenvalue weighted by atomic mass is 79.9. The zero-order chi connectivity index (χ0) is 18.8.